The average Bonchev–Trinajstić information content (AvgIpc) is 3.24. The first kappa shape index (κ1) is 19.1. The van der Waals surface area contributed by atoms with Gasteiger partial charge in [-0.1, -0.05) is 30.3 Å². The fraction of sp³-hybridized carbons (Fsp3) is 0.304. The summed E-state index contributed by atoms with van der Waals surface area (Å²) in [4.78, 5) is 17.0. The molecule has 0 bridgehead atoms. The molecule has 1 aromatic heterocycles. The lowest BCUT2D eigenvalue weighted by molar-refractivity contribution is -0.130. The highest BCUT2D eigenvalue weighted by atomic mass is 16.5. The van der Waals surface area contributed by atoms with E-state index in [0.29, 0.717) is 26.1 Å². The van der Waals surface area contributed by atoms with Gasteiger partial charge in [-0.15, -0.1) is 0 Å². The van der Waals surface area contributed by atoms with E-state index in [1.165, 1.54) is 0 Å². The lowest BCUT2D eigenvalue weighted by atomic mass is 10.2. The molecule has 1 aliphatic rings. The smallest absolute Gasteiger partial charge is 0.227 e. The topological polar surface area (TPSA) is 50.6 Å². The summed E-state index contributed by atoms with van der Waals surface area (Å²) >= 11 is 0. The van der Waals surface area contributed by atoms with E-state index in [9.17, 15) is 4.79 Å². The fourth-order valence-electron chi connectivity index (χ4n) is 3.65. The van der Waals surface area contributed by atoms with E-state index in [4.69, 9.17) is 4.74 Å². The number of carbonyl (C=O) groups excluding carboxylic acids is 1. The van der Waals surface area contributed by atoms with E-state index in [2.05, 4.69) is 16.1 Å². The van der Waals surface area contributed by atoms with Crippen molar-refractivity contribution in [2.24, 2.45) is 0 Å². The summed E-state index contributed by atoms with van der Waals surface area (Å²) in [7, 11) is 0. The molecule has 150 valence electrons. The molecule has 0 N–H and O–H groups in total. The normalized spacial score (nSPS) is 14.1. The van der Waals surface area contributed by atoms with Crippen molar-refractivity contribution < 1.29 is 9.53 Å². The number of hydrogen-bond donors (Lipinski definition) is 0. The van der Waals surface area contributed by atoms with Gasteiger partial charge in [0.1, 0.15) is 5.75 Å². The first-order valence-electron chi connectivity index (χ1n) is 10.1. The Labute approximate surface area is 171 Å². The minimum absolute atomic E-state index is 0.148. The minimum Gasteiger partial charge on any atom is -0.492 e. The van der Waals surface area contributed by atoms with E-state index < -0.39 is 0 Å². The Hall–Kier alpha value is -3.28. The maximum Gasteiger partial charge on any atom is 0.227 e. The first-order chi connectivity index (χ1) is 14.2. The van der Waals surface area contributed by atoms with E-state index in [0.717, 1.165) is 35.8 Å². The number of aromatic nitrogens is 2. The molecular formula is C23H26N4O2. The van der Waals surface area contributed by atoms with Crippen molar-refractivity contribution in [2.75, 3.05) is 37.7 Å². The van der Waals surface area contributed by atoms with E-state index >= 15 is 0 Å². The monoisotopic (exact) mass is 390 g/mol. The molecule has 2 heterocycles. The lowest BCUT2D eigenvalue weighted by Crippen LogP contribution is -2.49. The molecule has 0 saturated carbocycles. The van der Waals surface area contributed by atoms with Gasteiger partial charge in [0.2, 0.25) is 5.91 Å². The second-order valence-corrected chi connectivity index (χ2v) is 7.07. The number of nitrogens with zero attached hydrogens (tertiary/aromatic N) is 4. The van der Waals surface area contributed by atoms with Crippen LogP contribution < -0.4 is 9.64 Å². The van der Waals surface area contributed by atoms with Crippen LogP contribution in [0, 0.1) is 0 Å². The van der Waals surface area contributed by atoms with Gasteiger partial charge in [0.25, 0.3) is 0 Å². The highest BCUT2D eigenvalue weighted by Gasteiger charge is 2.23. The summed E-state index contributed by atoms with van der Waals surface area (Å²) in [5.74, 6) is 1.05. The minimum atomic E-state index is 0.148. The Balaban J connectivity index is 1.35. The number of rotatable bonds is 6. The predicted molar refractivity (Wildman–Crippen MR) is 114 cm³/mol. The van der Waals surface area contributed by atoms with Crippen LogP contribution >= 0.6 is 0 Å². The molecule has 4 rings (SSSR count). The van der Waals surface area contributed by atoms with Crippen LogP contribution in [0.4, 0.5) is 5.69 Å². The first-order valence-corrected chi connectivity index (χ1v) is 10.1. The predicted octanol–water partition coefficient (Wildman–Crippen LogP) is 3.16. The Kier molecular flexibility index (Phi) is 5.79. The number of amides is 1. The molecule has 6 heteroatoms. The van der Waals surface area contributed by atoms with Crippen molar-refractivity contribution >= 4 is 11.6 Å². The summed E-state index contributed by atoms with van der Waals surface area (Å²) in [6.07, 6.45) is 4.09. The second kappa shape index (κ2) is 8.82. The molecular weight excluding hydrogens is 364 g/mol. The zero-order valence-corrected chi connectivity index (χ0v) is 16.7. The van der Waals surface area contributed by atoms with Crippen LogP contribution in [-0.4, -0.2) is 53.4 Å². The third-order valence-electron chi connectivity index (χ3n) is 5.15. The Morgan fingerprint density at radius 2 is 1.72 bits per heavy atom. The number of ether oxygens (including phenoxy) is 1. The zero-order valence-electron chi connectivity index (χ0n) is 16.7. The molecule has 1 aliphatic heterocycles. The molecule has 0 aliphatic carbocycles. The van der Waals surface area contributed by atoms with Crippen molar-refractivity contribution in [3.05, 3.63) is 72.6 Å². The molecule has 6 nitrogen and oxygen atoms in total. The van der Waals surface area contributed by atoms with Crippen LogP contribution in [0.2, 0.25) is 0 Å². The molecule has 0 atom stereocenters. The summed E-state index contributed by atoms with van der Waals surface area (Å²) in [6, 6.07) is 18.0. The van der Waals surface area contributed by atoms with Crippen molar-refractivity contribution in [2.45, 2.75) is 13.3 Å². The molecule has 0 spiro atoms. The van der Waals surface area contributed by atoms with Gasteiger partial charge in [0.15, 0.2) is 0 Å². The average molecular weight is 390 g/mol. The SMILES string of the molecule is CCOc1ccccc1N1CCN(C(=O)Cc2cnn(-c3ccccc3)c2)CC1. The molecule has 29 heavy (non-hydrogen) atoms. The molecule has 0 unspecified atom stereocenters. The van der Waals surface area contributed by atoms with Crippen LogP contribution in [0.25, 0.3) is 5.69 Å². The molecule has 1 amide bonds. The van der Waals surface area contributed by atoms with Crippen molar-refractivity contribution in [3.8, 4) is 11.4 Å². The highest BCUT2D eigenvalue weighted by molar-refractivity contribution is 5.79. The van der Waals surface area contributed by atoms with Crippen molar-refractivity contribution in [3.63, 3.8) is 0 Å². The maximum absolute atomic E-state index is 12.8. The molecule has 1 saturated heterocycles. The fourth-order valence-corrected chi connectivity index (χ4v) is 3.65. The van der Waals surface area contributed by atoms with Crippen LogP contribution in [0.15, 0.2) is 67.0 Å². The Morgan fingerprint density at radius 1 is 1.00 bits per heavy atom. The quantitative estimate of drug-likeness (QED) is 0.649. The van der Waals surface area contributed by atoms with Gasteiger partial charge in [-0.05, 0) is 36.8 Å². The number of anilines is 1. The summed E-state index contributed by atoms with van der Waals surface area (Å²) in [6.45, 7) is 5.68. The highest BCUT2D eigenvalue weighted by Crippen LogP contribution is 2.28. The van der Waals surface area contributed by atoms with Gasteiger partial charge in [0.05, 0.1) is 30.6 Å². The summed E-state index contributed by atoms with van der Waals surface area (Å²) in [5.41, 5.74) is 3.03. The number of hydrogen-bond acceptors (Lipinski definition) is 4. The number of carbonyl (C=O) groups is 1. The van der Waals surface area contributed by atoms with Gasteiger partial charge in [-0.2, -0.15) is 5.10 Å². The standard InChI is InChI=1S/C23H26N4O2/c1-2-29-22-11-7-6-10-21(22)25-12-14-26(15-13-25)23(28)16-19-17-24-27(18-19)20-8-4-3-5-9-20/h3-11,17-18H,2,12-16H2,1H3. The molecule has 2 aromatic carbocycles. The second-order valence-electron chi connectivity index (χ2n) is 7.07. The Morgan fingerprint density at radius 3 is 2.48 bits per heavy atom. The van der Waals surface area contributed by atoms with Crippen LogP contribution in [0.5, 0.6) is 5.75 Å². The van der Waals surface area contributed by atoms with Gasteiger partial charge >= 0.3 is 0 Å². The van der Waals surface area contributed by atoms with E-state index in [-0.39, 0.29) is 5.91 Å². The zero-order chi connectivity index (χ0) is 20.1. The van der Waals surface area contributed by atoms with Gasteiger partial charge < -0.3 is 14.5 Å². The maximum atomic E-state index is 12.8. The third-order valence-corrected chi connectivity index (χ3v) is 5.15. The van der Waals surface area contributed by atoms with Gasteiger partial charge in [-0.3, -0.25) is 4.79 Å². The van der Waals surface area contributed by atoms with Crippen molar-refractivity contribution in [1.29, 1.82) is 0 Å². The summed E-state index contributed by atoms with van der Waals surface area (Å²) < 4.78 is 7.56. The van der Waals surface area contributed by atoms with E-state index in [1.807, 2.05) is 71.2 Å². The lowest BCUT2D eigenvalue weighted by Gasteiger charge is -2.36. The van der Waals surface area contributed by atoms with Crippen LogP contribution in [-0.2, 0) is 11.2 Å². The summed E-state index contributed by atoms with van der Waals surface area (Å²) in [5, 5.41) is 4.39. The largest absolute Gasteiger partial charge is 0.492 e. The number of para-hydroxylation sites is 3. The van der Waals surface area contributed by atoms with Gasteiger partial charge in [-0.25, -0.2) is 4.68 Å². The molecule has 0 radical (unpaired) electrons. The van der Waals surface area contributed by atoms with E-state index in [1.54, 1.807) is 6.20 Å². The molecule has 3 aromatic rings. The van der Waals surface area contributed by atoms with Gasteiger partial charge in [0, 0.05) is 32.4 Å². The third kappa shape index (κ3) is 4.42. The van der Waals surface area contributed by atoms with Crippen LogP contribution in [0.3, 0.4) is 0 Å². The Bertz CT molecular complexity index is 946. The number of piperazine rings is 1. The number of benzene rings is 2. The van der Waals surface area contributed by atoms with Crippen molar-refractivity contribution in [1.82, 2.24) is 14.7 Å². The molecule has 1 fully saturated rings. The van der Waals surface area contributed by atoms with Crippen LogP contribution in [0.1, 0.15) is 12.5 Å².